The summed E-state index contributed by atoms with van der Waals surface area (Å²) < 4.78 is 31.2. The van der Waals surface area contributed by atoms with Crippen LogP contribution in [0.3, 0.4) is 0 Å². The lowest BCUT2D eigenvalue weighted by Gasteiger charge is -2.47. The van der Waals surface area contributed by atoms with E-state index in [0.717, 1.165) is 24.1 Å². The number of nitrogens with zero attached hydrogens (tertiary/aromatic N) is 1. The third-order valence-corrected chi connectivity index (χ3v) is 5.76. The van der Waals surface area contributed by atoms with E-state index in [1.165, 1.54) is 13.8 Å². The number of alkyl halides is 1. The van der Waals surface area contributed by atoms with Crippen molar-refractivity contribution in [3.05, 3.63) is 22.2 Å². The second-order valence-corrected chi connectivity index (χ2v) is 10.0. The van der Waals surface area contributed by atoms with Gasteiger partial charge in [0.25, 0.3) is 0 Å². The van der Waals surface area contributed by atoms with Crippen LogP contribution in [-0.2, 0) is 11.2 Å². The maximum Gasteiger partial charge on any atom is 0.180 e. The Kier molecular flexibility index (Phi) is 6.40. The summed E-state index contributed by atoms with van der Waals surface area (Å²) in [6.07, 6.45) is 0.529. The molecule has 0 aliphatic carbocycles. The standard InChI is InChI=1S/C22H33ClFNO4/c1-21(2,3)29-18-11-25-8-7-13-14(15(25)10-16(18)26)9-17(27-6)20(19(13)23)28-12-22(4,5)24/h9,15-16,18,26H,7-8,10-12H2,1-6H3/t15-,16-,18-/m1/s1. The SMILES string of the molecule is COc1cc2c(c(Cl)c1OCC(C)(C)F)CCN1C[C@@H](OC(C)(C)C)[C@H](O)C[C@H]21. The topological polar surface area (TPSA) is 51.2 Å². The first-order valence-corrected chi connectivity index (χ1v) is 10.6. The third-order valence-electron chi connectivity index (χ3n) is 5.36. The molecule has 1 aromatic rings. The van der Waals surface area contributed by atoms with Crippen molar-refractivity contribution < 1.29 is 23.7 Å². The second-order valence-electron chi connectivity index (χ2n) is 9.63. The van der Waals surface area contributed by atoms with Gasteiger partial charge in [-0.1, -0.05) is 11.6 Å². The highest BCUT2D eigenvalue weighted by Crippen LogP contribution is 2.47. The summed E-state index contributed by atoms with van der Waals surface area (Å²) in [7, 11) is 1.55. The number of benzene rings is 1. The molecule has 0 radical (unpaired) electrons. The van der Waals surface area contributed by atoms with Crippen LogP contribution in [0.2, 0.25) is 5.02 Å². The zero-order valence-corrected chi connectivity index (χ0v) is 19.0. The Balaban J connectivity index is 1.89. The molecule has 0 spiro atoms. The van der Waals surface area contributed by atoms with Crippen molar-refractivity contribution in [3.8, 4) is 11.5 Å². The molecule has 2 aliphatic rings. The lowest BCUT2D eigenvalue weighted by molar-refractivity contribution is -0.149. The van der Waals surface area contributed by atoms with Crippen LogP contribution >= 0.6 is 11.6 Å². The molecule has 164 valence electrons. The van der Waals surface area contributed by atoms with Gasteiger partial charge in [0.05, 0.1) is 29.9 Å². The minimum Gasteiger partial charge on any atom is -0.493 e. The van der Waals surface area contributed by atoms with E-state index in [0.29, 0.717) is 29.5 Å². The Morgan fingerprint density at radius 3 is 2.55 bits per heavy atom. The molecular formula is C22H33ClFNO4. The van der Waals surface area contributed by atoms with E-state index < -0.39 is 11.8 Å². The number of halogens is 2. The fourth-order valence-electron chi connectivity index (χ4n) is 4.15. The lowest BCUT2D eigenvalue weighted by atomic mass is 9.84. The molecule has 1 N–H and O–H groups in total. The highest BCUT2D eigenvalue weighted by molar-refractivity contribution is 6.33. The van der Waals surface area contributed by atoms with Crippen molar-refractivity contribution in [1.82, 2.24) is 4.90 Å². The molecule has 1 saturated heterocycles. The summed E-state index contributed by atoms with van der Waals surface area (Å²) in [5, 5.41) is 11.2. The summed E-state index contributed by atoms with van der Waals surface area (Å²) >= 11 is 6.69. The Labute approximate surface area is 178 Å². The molecule has 7 heteroatoms. The number of rotatable bonds is 5. The molecule has 0 amide bonds. The zero-order chi connectivity index (χ0) is 21.6. The maximum atomic E-state index is 13.9. The molecule has 0 aromatic heterocycles. The van der Waals surface area contributed by atoms with E-state index in [9.17, 15) is 9.50 Å². The molecule has 1 fully saturated rings. The van der Waals surface area contributed by atoms with Crippen molar-refractivity contribution in [2.45, 2.75) is 77.0 Å². The van der Waals surface area contributed by atoms with E-state index >= 15 is 0 Å². The van der Waals surface area contributed by atoms with Gasteiger partial charge in [0.2, 0.25) is 0 Å². The number of piperidine rings is 1. The predicted octanol–water partition coefficient (Wildman–Crippen LogP) is 4.32. The number of ether oxygens (including phenoxy) is 3. The first kappa shape index (κ1) is 22.6. The van der Waals surface area contributed by atoms with Gasteiger partial charge in [-0.3, -0.25) is 4.90 Å². The fraction of sp³-hybridized carbons (Fsp3) is 0.727. The number of methoxy groups -OCH3 is 1. The highest BCUT2D eigenvalue weighted by atomic mass is 35.5. The van der Waals surface area contributed by atoms with E-state index in [-0.39, 0.29) is 24.4 Å². The van der Waals surface area contributed by atoms with Crippen LogP contribution in [0.25, 0.3) is 0 Å². The lowest BCUT2D eigenvalue weighted by Crippen LogP contribution is -2.53. The normalized spacial score (nSPS) is 25.3. The maximum absolute atomic E-state index is 13.9. The van der Waals surface area contributed by atoms with Gasteiger partial charge in [0.15, 0.2) is 11.5 Å². The molecule has 0 unspecified atom stereocenters. The first-order valence-electron chi connectivity index (χ1n) is 10.2. The molecular weight excluding hydrogens is 397 g/mol. The summed E-state index contributed by atoms with van der Waals surface area (Å²) in [4.78, 5) is 2.34. The smallest absolute Gasteiger partial charge is 0.180 e. The predicted molar refractivity (Wildman–Crippen MR) is 112 cm³/mol. The zero-order valence-electron chi connectivity index (χ0n) is 18.2. The van der Waals surface area contributed by atoms with Crippen molar-refractivity contribution in [3.63, 3.8) is 0 Å². The van der Waals surface area contributed by atoms with E-state index in [1.54, 1.807) is 7.11 Å². The number of aliphatic hydroxyl groups is 1. The van der Waals surface area contributed by atoms with Gasteiger partial charge in [-0.25, -0.2) is 4.39 Å². The van der Waals surface area contributed by atoms with E-state index in [2.05, 4.69) is 4.90 Å². The molecule has 3 atom stereocenters. The average molecular weight is 430 g/mol. The van der Waals surface area contributed by atoms with Crippen molar-refractivity contribution in [1.29, 1.82) is 0 Å². The fourth-order valence-corrected chi connectivity index (χ4v) is 4.50. The Bertz CT molecular complexity index is 744. The van der Waals surface area contributed by atoms with E-state index in [4.69, 9.17) is 25.8 Å². The van der Waals surface area contributed by atoms with Crippen LogP contribution < -0.4 is 9.47 Å². The van der Waals surface area contributed by atoms with Crippen LogP contribution in [0.5, 0.6) is 11.5 Å². The molecule has 2 heterocycles. The number of hydrogen-bond donors (Lipinski definition) is 1. The summed E-state index contributed by atoms with van der Waals surface area (Å²) in [5.74, 6) is 0.875. The average Bonchev–Trinajstić information content (AvgIpc) is 2.59. The quantitative estimate of drug-likeness (QED) is 0.755. The first-order chi connectivity index (χ1) is 13.4. The Morgan fingerprint density at radius 2 is 1.97 bits per heavy atom. The number of aliphatic hydroxyl groups excluding tert-OH is 1. The molecule has 3 rings (SSSR count). The van der Waals surface area contributed by atoms with Crippen LogP contribution in [0, 0.1) is 0 Å². The number of fused-ring (bicyclic) bond motifs is 3. The Hall–Kier alpha value is -1.08. The molecule has 29 heavy (non-hydrogen) atoms. The molecule has 1 aromatic carbocycles. The minimum absolute atomic E-state index is 0.0339. The van der Waals surface area contributed by atoms with Crippen LogP contribution in [0.15, 0.2) is 6.07 Å². The van der Waals surface area contributed by atoms with Gasteiger partial charge in [-0.05, 0) is 64.7 Å². The van der Waals surface area contributed by atoms with Crippen LogP contribution in [0.1, 0.15) is 58.2 Å². The molecule has 0 saturated carbocycles. The Morgan fingerprint density at radius 1 is 1.28 bits per heavy atom. The highest BCUT2D eigenvalue weighted by Gasteiger charge is 2.41. The van der Waals surface area contributed by atoms with Gasteiger partial charge in [0, 0.05) is 19.1 Å². The van der Waals surface area contributed by atoms with Gasteiger partial charge < -0.3 is 19.3 Å². The van der Waals surface area contributed by atoms with Crippen molar-refractivity contribution in [2.75, 3.05) is 26.8 Å². The van der Waals surface area contributed by atoms with Crippen molar-refractivity contribution in [2.24, 2.45) is 0 Å². The summed E-state index contributed by atoms with van der Waals surface area (Å²) in [6, 6.07) is 1.96. The van der Waals surface area contributed by atoms with E-state index in [1.807, 2.05) is 26.8 Å². The van der Waals surface area contributed by atoms with Gasteiger partial charge in [-0.2, -0.15) is 0 Å². The number of hydrogen-bond acceptors (Lipinski definition) is 5. The van der Waals surface area contributed by atoms with Gasteiger partial charge >= 0.3 is 0 Å². The summed E-state index contributed by atoms with van der Waals surface area (Å²) in [6.45, 7) is 10.3. The molecule has 0 bridgehead atoms. The monoisotopic (exact) mass is 429 g/mol. The minimum atomic E-state index is -1.48. The molecule has 5 nitrogen and oxygen atoms in total. The third kappa shape index (κ3) is 5.16. The van der Waals surface area contributed by atoms with Gasteiger partial charge in [0.1, 0.15) is 12.3 Å². The van der Waals surface area contributed by atoms with Crippen LogP contribution in [0.4, 0.5) is 4.39 Å². The summed E-state index contributed by atoms with van der Waals surface area (Å²) in [5.41, 5.74) is 0.243. The second kappa shape index (κ2) is 8.22. The largest absolute Gasteiger partial charge is 0.493 e. The van der Waals surface area contributed by atoms with Gasteiger partial charge in [-0.15, -0.1) is 0 Å². The molecule has 2 aliphatic heterocycles. The van der Waals surface area contributed by atoms with Crippen LogP contribution in [-0.4, -0.2) is 60.3 Å². The van der Waals surface area contributed by atoms with Crippen molar-refractivity contribution >= 4 is 11.6 Å².